The Balaban J connectivity index is 1.39. The van der Waals surface area contributed by atoms with Crippen LogP contribution in [0.2, 0.25) is 0 Å². The molecule has 14 nitrogen and oxygen atoms in total. The predicted molar refractivity (Wildman–Crippen MR) is 133 cm³/mol. The van der Waals surface area contributed by atoms with Crippen molar-refractivity contribution >= 4 is 35.5 Å². The standard InChI is InChI=1S/C24H27N3O11S/c1-2-3-10-8-39-21-13(20(32)27(21)14(10)22(33)34)26-19(31)12(25)9-4-6-11(7-5-9)37-24-17(30)15(28)16(29)18(38-24)23(35)36/h2-7,12-13,15-18,21,24,28-30H,8,25H2,1H3,(H,26,31)(H,33,34)(H,35,36)/b3-2+/t12-,13-,15?,16?,17?,18?,21-,24?/m1/s1. The van der Waals surface area contributed by atoms with Crippen LogP contribution in [0.1, 0.15) is 18.5 Å². The van der Waals surface area contributed by atoms with Crippen LogP contribution in [0.4, 0.5) is 0 Å². The van der Waals surface area contributed by atoms with Gasteiger partial charge in [-0.1, -0.05) is 24.3 Å². The van der Waals surface area contributed by atoms with Crippen molar-refractivity contribution < 1.29 is 54.2 Å². The van der Waals surface area contributed by atoms with E-state index in [1.54, 1.807) is 19.1 Å². The molecule has 39 heavy (non-hydrogen) atoms. The molecule has 0 radical (unpaired) electrons. The lowest BCUT2D eigenvalue weighted by atomic mass is 9.99. The van der Waals surface area contributed by atoms with E-state index in [9.17, 15) is 39.6 Å². The number of carbonyl (C=O) groups is 4. The Kier molecular flexibility index (Phi) is 8.29. The van der Waals surface area contributed by atoms with E-state index >= 15 is 0 Å². The fourth-order valence-electron chi connectivity index (χ4n) is 4.40. The molecule has 8 atom stereocenters. The topological polar surface area (TPSA) is 229 Å². The van der Waals surface area contributed by atoms with Gasteiger partial charge in [-0.2, -0.15) is 0 Å². The molecule has 2 amide bonds. The highest BCUT2D eigenvalue weighted by atomic mass is 32.2. The smallest absolute Gasteiger partial charge is 0.352 e. The first-order chi connectivity index (χ1) is 18.5. The Labute approximate surface area is 225 Å². The number of β-lactam (4-membered cyclic amide) rings is 1. The molecule has 1 aromatic carbocycles. The largest absolute Gasteiger partial charge is 0.479 e. The van der Waals surface area contributed by atoms with Crippen molar-refractivity contribution in [1.82, 2.24) is 10.2 Å². The molecule has 3 aliphatic rings. The van der Waals surface area contributed by atoms with E-state index in [1.165, 1.54) is 36.0 Å². The van der Waals surface area contributed by atoms with Gasteiger partial charge in [-0.3, -0.25) is 14.5 Å². The number of thioether (sulfide) groups is 1. The molecule has 0 aromatic heterocycles. The lowest BCUT2D eigenvalue weighted by Gasteiger charge is -2.49. The fourth-order valence-corrected chi connectivity index (χ4v) is 5.72. The van der Waals surface area contributed by atoms with E-state index in [4.69, 9.17) is 20.3 Å². The second-order valence-corrected chi connectivity index (χ2v) is 10.1. The first-order valence-corrected chi connectivity index (χ1v) is 12.8. The number of allylic oxidation sites excluding steroid dienone is 2. The summed E-state index contributed by atoms with van der Waals surface area (Å²) < 4.78 is 10.5. The van der Waals surface area contributed by atoms with Gasteiger partial charge in [0.15, 0.2) is 6.10 Å². The first-order valence-electron chi connectivity index (χ1n) is 11.7. The number of nitrogens with one attached hydrogen (secondary N) is 1. The molecule has 3 aliphatic heterocycles. The van der Waals surface area contributed by atoms with E-state index < -0.39 is 71.9 Å². The number of hydrogen-bond acceptors (Lipinski definition) is 11. The van der Waals surface area contributed by atoms with Crippen LogP contribution in [0, 0.1) is 0 Å². The first kappa shape index (κ1) is 28.5. The van der Waals surface area contributed by atoms with Crippen molar-refractivity contribution in [2.24, 2.45) is 5.73 Å². The number of amides is 2. The molecule has 5 unspecified atom stereocenters. The van der Waals surface area contributed by atoms with Crippen molar-refractivity contribution in [3.63, 3.8) is 0 Å². The fraction of sp³-hybridized carbons (Fsp3) is 0.417. The minimum absolute atomic E-state index is 0.0801. The average Bonchev–Trinajstić information content (AvgIpc) is 2.91. The third kappa shape index (κ3) is 5.36. The summed E-state index contributed by atoms with van der Waals surface area (Å²) in [6.07, 6.45) is -5.55. The Hall–Kier alpha value is -3.47. The maximum atomic E-state index is 12.8. The molecule has 1 aromatic rings. The van der Waals surface area contributed by atoms with Crippen LogP contribution in [0.25, 0.3) is 0 Å². The average molecular weight is 566 g/mol. The summed E-state index contributed by atoms with van der Waals surface area (Å²) in [7, 11) is 0. The molecular formula is C24H27N3O11S. The van der Waals surface area contributed by atoms with Gasteiger partial charge in [0.25, 0.3) is 5.91 Å². The van der Waals surface area contributed by atoms with Gasteiger partial charge in [0, 0.05) is 5.75 Å². The summed E-state index contributed by atoms with van der Waals surface area (Å²) in [5, 5.41) is 50.5. The van der Waals surface area contributed by atoms with Gasteiger partial charge in [0.1, 0.15) is 47.2 Å². The van der Waals surface area contributed by atoms with Gasteiger partial charge < -0.3 is 46.1 Å². The quantitative estimate of drug-likeness (QED) is 0.174. The zero-order chi connectivity index (χ0) is 28.6. The number of nitrogens with zero attached hydrogens (tertiary/aromatic N) is 1. The summed E-state index contributed by atoms with van der Waals surface area (Å²) in [6, 6.07) is 3.43. The molecule has 0 saturated carbocycles. The molecule has 0 spiro atoms. The summed E-state index contributed by atoms with van der Waals surface area (Å²) in [5.74, 6) is -3.59. The van der Waals surface area contributed by atoms with E-state index in [-0.39, 0.29) is 11.4 Å². The maximum Gasteiger partial charge on any atom is 0.352 e. The molecule has 0 bridgehead atoms. The number of rotatable bonds is 8. The zero-order valence-corrected chi connectivity index (χ0v) is 21.2. The number of ether oxygens (including phenoxy) is 2. The number of aliphatic hydroxyl groups is 3. The Morgan fingerprint density at radius 3 is 2.41 bits per heavy atom. The number of aliphatic carboxylic acids is 2. The van der Waals surface area contributed by atoms with Crippen LogP contribution in [0.15, 0.2) is 47.7 Å². The lowest BCUT2D eigenvalue weighted by Crippen LogP contribution is -2.71. The summed E-state index contributed by atoms with van der Waals surface area (Å²) >= 11 is 1.32. The highest BCUT2D eigenvalue weighted by Crippen LogP contribution is 2.40. The minimum atomic E-state index is -1.86. The lowest BCUT2D eigenvalue weighted by molar-refractivity contribution is -0.271. The number of carboxylic acid groups (broad SMARTS) is 2. The Bertz CT molecular complexity index is 1220. The number of carbonyl (C=O) groups excluding carboxylic acids is 2. The number of fused-ring (bicyclic) bond motifs is 1. The molecule has 2 fully saturated rings. The molecule has 4 rings (SSSR count). The third-order valence-corrected chi connectivity index (χ3v) is 7.76. The monoisotopic (exact) mass is 565 g/mol. The van der Waals surface area contributed by atoms with Gasteiger partial charge >= 0.3 is 11.9 Å². The molecule has 3 heterocycles. The minimum Gasteiger partial charge on any atom is -0.479 e. The highest BCUT2D eigenvalue weighted by Gasteiger charge is 2.54. The number of nitrogens with two attached hydrogens (primary N) is 1. The van der Waals surface area contributed by atoms with Crippen LogP contribution >= 0.6 is 11.8 Å². The molecule has 8 N–H and O–H groups in total. The van der Waals surface area contributed by atoms with E-state index in [0.717, 1.165) is 4.90 Å². The third-order valence-electron chi connectivity index (χ3n) is 6.45. The molecule has 15 heteroatoms. The van der Waals surface area contributed by atoms with Crippen LogP contribution in [0.5, 0.6) is 5.75 Å². The summed E-state index contributed by atoms with van der Waals surface area (Å²) in [4.78, 5) is 49.7. The van der Waals surface area contributed by atoms with E-state index in [0.29, 0.717) is 16.9 Å². The number of hydrogen-bond donors (Lipinski definition) is 7. The normalized spacial score (nSPS) is 31.4. The number of benzene rings is 1. The van der Waals surface area contributed by atoms with Crippen molar-refractivity contribution in [2.75, 3.05) is 5.75 Å². The van der Waals surface area contributed by atoms with Gasteiger partial charge in [0.05, 0.1) is 0 Å². The zero-order valence-electron chi connectivity index (χ0n) is 20.4. The van der Waals surface area contributed by atoms with Crippen LogP contribution < -0.4 is 15.8 Å². The summed E-state index contributed by atoms with van der Waals surface area (Å²) in [5.41, 5.74) is 6.78. The predicted octanol–water partition coefficient (Wildman–Crippen LogP) is -1.73. The number of aliphatic hydroxyl groups excluding tert-OH is 3. The van der Waals surface area contributed by atoms with Crippen LogP contribution in [-0.2, 0) is 23.9 Å². The second kappa shape index (κ2) is 11.3. The maximum absolute atomic E-state index is 12.8. The van der Waals surface area contributed by atoms with E-state index in [2.05, 4.69) is 5.32 Å². The van der Waals surface area contributed by atoms with Crippen LogP contribution in [0.3, 0.4) is 0 Å². The van der Waals surface area contributed by atoms with Gasteiger partial charge in [-0.25, -0.2) is 9.59 Å². The van der Waals surface area contributed by atoms with Gasteiger partial charge in [-0.15, -0.1) is 11.8 Å². The molecule has 210 valence electrons. The second-order valence-electron chi connectivity index (χ2n) is 8.97. The summed E-state index contributed by atoms with van der Waals surface area (Å²) in [6.45, 7) is 1.74. The van der Waals surface area contributed by atoms with Gasteiger partial charge in [-0.05, 0) is 30.2 Å². The highest BCUT2D eigenvalue weighted by molar-refractivity contribution is 8.00. The van der Waals surface area contributed by atoms with Crippen LogP contribution in [-0.4, -0.2) is 102 Å². The van der Waals surface area contributed by atoms with Crippen molar-refractivity contribution in [3.8, 4) is 5.75 Å². The van der Waals surface area contributed by atoms with E-state index in [1.807, 2.05) is 0 Å². The molecule has 2 saturated heterocycles. The van der Waals surface area contributed by atoms with Gasteiger partial charge in [0.2, 0.25) is 12.2 Å². The van der Waals surface area contributed by atoms with Crippen molar-refractivity contribution in [1.29, 1.82) is 0 Å². The Morgan fingerprint density at radius 2 is 1.82 bits per heavy atom. The SMILES string of the molecule is C/C=C/C1=C(C(=O)O)N2C(=O)[C@@H](NC(=O)[C@H](N)c3ccc(OC4OC(C(=O)O)C(O)C(O)C4O)cc3)[C@H]2SC1. The molecular weight excluding hydrogens is 538 g/mol. The Morgan fingerprint density at radius 1 is 1.15 bits per heavy atom. The van der Waals surface area contributed by atoms with Crippen molar-refractivity contribution in [2.45, 2.75) is 55.1 Å². The molecule has 0 aliphatic carbocycles. The number of carboxylic acids is 2. The van der Waals surface area contributed by atoms with Crippen molar-refractivity contribution in [3.05, 3.63) is 53.3 Å².